The van der Waals surface area contributed by atoms with Crippen LogP contribution < -0.4 is 16.0 Å². The molecule has 3 rings (SSSR count). The number of ether oxygens (including phenoxy) is 3. The SMILES string of the molecule is C[C@@]1(CF)COC[C@@H](COc2ccc(-c3cc(C(N)=O)c(=O)[nH]c3C(F)(F)F)cc2)O1. The number of amides is 1. The predicted octanol–water partition coefficient (Wildman–Crippen LogP) is 2.68. The van der Waals surface area contributed by atoms with Crippen molar-refractivity contribution in [1.82, 2.24) is 4.98 Å². The van der Waals surface area contributed by atoms with Gasteiger partial charge in [0.05, 0.1) is 13.2 Å². The van der Waals surface area contributed by atoms with Gasteiger partial charge in [-0.05, 0) is 30.7 Å². The molecule has 2 aromatic rings. The predicted molar refractivity (Wildman–Crippen MR) is 102 cm³/mol. The summed E-state index contributed by atoms with van der Waals surface area (Å²) in [6, 6.07) is 6.33. The first kappa shape index (κ1) is 22.8. The van der Waals surface area contributed by atoms with Crippen LogP contribution in [0.15, 0.2) is 35.1 Å². The Morgan fingerprint density at radius 3 is 2.58 bits per heavy atom. The number of nitrogens with two attached hydrogens (primary N) is 1. The van der Waals surface area contributed by atoms with Crippen molar-refractivity contribution in [3.8, 4) is 16.9 Å². The standard InChI is InChI=1S/C20H20F4N2O5/c1-19(9-21)10-29-7-13(31-19)8-30-12-4-2-11(3-5-12)14-6-15(17(25)27)18(28)26-16(14)20(22,23)24/h2-6,13H,7-10H2,1H3,(H2,25,27)(H,26,28)/t13-,19+/m0/s1. The van der Waals surface area contributed by atoms with Crippen LogP contribution in [-0.4, -0.2) is 49.1 Å². The van der Waals surface area contributed by atoms with Gasteiger partial charge in [0.1, 0.15) is 42.0 Å². The fourth-order valence-electron chi connectivity index (χ4n) is 3.11. The van der Waals surface area contributed by atoms with E-state index in [2.05, 4.69) is 0 Å². The average molecular weight is 444 g/mol. The molecule has 0 spiro atoms. The summed E-state index contributed by atoms with van der Waals surface area (Å²) in [5.41, 5.74) is 0.597. The molecule has 168 valence electrons. The van der Waals surface area contributed by atoms with Gasteiger partial charge in [-0.15, -0.1) is 0 Å². The Labute approximate surface area is 174 Å². The van der Waals surface area contributed by atoms with Gasteiger partial charge in [-0.25, -0.2) is 4.39 Å². The van der Waals surface area contributed by atoms with Crippen molar-refractivity contribution in [2.24, 2.45) is 5.73 Å². The van der Waals surface area contributed by atoms with Gasteiger partial charge in [0.15, 0.2) is 0 Å². The third-order valence-electron chi connectivity index (χ3n) is 4.64. The highest BCUT2D eigenvalue weighted by Crippen LogP contribution is 2.35. The third-order valence-corrected chi connectivity index (χ3v) is 4.64. The lowest BCUT2D eigenvalue weighted by Gasteiger charge is -2.36. The average Bonchev–Trinajstić information content (AvgIpc) is 2.72. The number of alkyl halides is 4. The monoisotopic (exact) mass is 444 g/mol. The molecule has 2 heterocycles. The van der Waals surface area contributed by atoms with Gasteiger partial charge in [-0.3, -0.25) is 9.59 Å². The Kier molecular flexibility index (Phi) is 6.37. The summed E-state index contributed by atoms with van der Waals surface area (Å²) in [7, 11) is 0. The molecule has 1 aromatic carbocycles. The number of H-pyrrole nitrogens is 1. The van der Waals surface area contributed by atoms with Crippen molar-refractivity contribution in [3.05, 3.63) is 51.9 Å². The minimum atomic E-state index is -4.86. The molecular weight excluding hydrogens is 424 g/mol. The third kappa shape index (κ3) is 5.23. The van der Waals surface area contributed by atoms with Crippen molar-refractivity contribution in [1.29, 1.82) is 0 Å². The Morgan fingerprint density at radius 2 is 2.00 bits per heavy atom. The fraction of sp³-hybridized carbons (Fsp3) is 0.400. The first-order valence-corrected chi connectivity index (χ1v) is 9.21. The van der Waals surface area contributed by atoms with E-state index in [-0.39, 0.29) is 25.4 Å². The number of carbonyl (C=O) groups is 1. The molecule has 1 aliphatic rings. The number of hydrogen-bond acceptors (Lipinski definition) is 5. The Balaban J connectivity index is 1.80. The van der Waals surface area contributed by atoms with Gasteiger partial charge >= 0.3 is 6.18 Å². The van der Waals surface area contributed by atoms with Crippen LogP contribution in [0, 0.1) is 0 Å². The zero-order valence-electron chi connectivity index (χ0n) is 16.4. The molecule has 0 saturated carbocycles. The van der Waals surface area contributed by atoms with E-state index in [4.69, 9.17) is 19.9 Å². The molecule has 0 radical (unpaired) electrons. The molecule has 0 aliphatic carbocycles. The van der Waals surface area contributed by atoms with Crippen LogP contribution in [0.5, 0.6) is 5.75 Å². The molecule has 1 saturated heterocycles. The van der Waals surface area contributed by atoms with Crippen molar-refractivity contribution in [2.45, 2.75) is 24.8 Å². The highest BCUT2D eigenvalue weighted by molar-refractivity contribution is 5.94. The molecule has 7 nitrogen and oxygen atoms in total. The van der Waals surface area contributed by atoms with Crippen LogP contribution in [0.4, 0.5) is 17.6 Å². The number of hydrogen-bond donors (Lipinski definition) is 2. The summed E-state index contributed by atoms with van der Waals surface area (Å²) >= 11 is 0. The van der Waals surface area contributed by atoms with E-state index in [0.29, 0.717) is 5.75 Å². The molecule has 1 fully saturated rings. The lowest BCUT2D eigenvalue weighted by atomic mass is 10.0. The number of pyridine rings is 1. The summed E-state index contributed by atoms with van der Waals surface area (Å²) in [5.74, 6) is -0.820. The Hall–Kier alpha value is -2.92. The molecule has 0 bridgehead atoms. The van der Waals surface area contributed by atoms with Crippen LogP contribution in [0.3, 0.4) is 0 Å². The maximum absolute atomic E-state index is 13.4. The van der Waals surface area contributed by atoms with Gasteiger partial charge in [0.2, 0.25) is 0 Å². The topological polar surface area (TPSA) is 104 Å². The maximum atomic E-state index is 13.4. The maximum Gasteiger partial charge on any atom is 0.431 e. The quantitative estimate of drug-likeness (QED) is 0.667. The number of rotatable bonds is 6. The molecule has 0 unspecified atom stereocenters. The highest BCUT2D eigenvalue weighted by atomic mass is 19.4. The number of primary amides is 1. The fourth-order valence-corrected chi connectivity index (χ4v) is 3.11. The van der Waals surface area contributed by atoms with E-state index in [0.717, 1.165) is 6.07 Å². The van der Waals surface area contributed by atoms with Crippen LogP contribution in [0.2, 0.25) is 0 Å². The van der Waals surface area contributed by atoms with Crippen LogP contribution in [-0.2, 0) is 15.7 Å². The van der Waals surface area contributed by atoms with Gasteiger partial charge in [0.25, 0.3) is 11.5 Å². The molecule has 11 heteroatoms. The molecular formula is C20H20F4N2O5. The van der Waals surface area contributed by atoms with Crippen LogP contribution in [0.1, 0.15) is 23.0 Å². The van der Waals surface area contributed by atoms with Gasteiger partial charge in [0, 0.05) is 5.56 Å². The minimum Gasteiger partial charge on any atom is -0.491 e. The molecule has 1 amide bonds. The summed E-state index contributed by atoms with van der Waals surface area (Å²) in [6.45, 7) is 1.26. The summed E-state index contributed by atoms with van der Waals surface area (Å²) in [5, 5.41) is 0. The van der Waals surface area contributed by atoms with Gasteiger partial charge < -0.3 is 24.9 Å². The van der Waals surface area contributed by atoms with E-state index in [1.54, 1.807) is 11.9 Å². The smallest absolute Gasteiger partial charge is 0.431 e. The molecule has 1 aromatic heterocycles. The Morgan fingerprint density at radius 1 is 1.32 bits per heavy atom. The number of halogens is 4. The summed E-state index contributed by atoms with van der Waals surface area (Å²) in [4.78, 5) is 24.8. The first-order valence-electron chi connectivity index (χ1n) is 9.21. The van der Waals surface area contributed by atoms with Crippen molar-refractivity contribution in [2.75, 3.05) is 26.5 Å². The largest absolute Gasteiger partial charge is 0.491 e. The lowest BCUT2D eigenvalue weighted by Crippen LogP contribution is -2.48. The van der Waals surface area contributed by atoms with Crippen LogP contribution in [0.25, 0.3) is 11.1 Å². The normalized spacial score (nSPS) is 21.6. The van der Waals surface area contributed by atoms with E-state index >= 15 is 0 Å². The van der Waals surface area contributed by atoms with E-state index in [9.17, 15) is 27.2 Å². The zero-order chi connectivity index (χ0) is 22.8. The van der Waals surface area contributed by atoms with Gasteiger partial charge in [-0.1, -0.05) is 12.1 Å². The van der Waals surface area contributed by atoms with E-state index in [1.807, 2.05) is 0 Å². The number of nitrogens with one attached hydrogen (secondary N) is 1. The van der Waals surface area contributed by atoms with Crippen LogP contribution >= 0.6 is 0 Å². The summed E-state index contributed by atoms with van der Waals surface area (Å²) < 4.78 is 69.7. The van der Waals surface area contributed by atoms with Gasteiger partial charge in [-0.2, -0.15) is 13.2 Å². The van der Waals surface area contributed by atoms with Crippen molar-refractivity contribution >= 4 is 5.91 Å². The number of benzene rings is 1. The van der Waals surface area contributed by atoms with E-state index in [1.165, 1.54) is 24.3 Å². The molecule has 1 aliphatic heterocycles. The number of aromatic nitrogens is 1. The second-order valence-electron chi connectivity index (χ2n) is 7.34. The second kappa shape index (κ2) is 8.67. The second-order valence-corrected chi connectivity index (χ2v) is 7.34. The Bertz CT molecular complexity index is 1010. The highest BCUT2D eigenvalue weighted by Gasteiger charge is 2.36. The zero-order valence-corrected chi connectivity index (χ0v) is 16.4. The van der Waals surface area contributed by atoms with Crippen molar-refractivity contribution < 1.29 is 36.6 Å². The van der Waals surface area contributed by atoms with Crippen molar-refractivity contribution in [3.63, 3.8) is 0 Å². The minimum absolute atomic E-state index is 0.0488. The first-order chi connectivity index (χ1) is 14.5. The number of aromatic amines is 1. The van der Waals surface area contributed by atoms with E-state index < -0.39 is 52.8 Å². The molecule has 31 heavy (non-hydrogen) atoms. The molecule has 2 atom stereocenters. The lowest BCUT2D eigenvalue weighted by molar-refractivity contribution is -0.202. The molecule has 3 N–H and O–H groups in total. The number of carbonyl (C=O) groups excluding carboxylic acids is 1. The summed E-state index contributed by atoms with van der Waals surface area (Å²) in [6.07, 6.45) is -5.37.